The number of hydrogen-bond acceptors (Lipinski definition) is 0. The van der Waals surface area contributed by atoms with Crippen molar-refractivity contribution in [3.05, 3.63) is 169 Å². The van der Waals surface area contributed by atoms with Gasteiger partial charge in [-0.05, 0) is 146 Å². The highest BCUT2D eigenvalue weighted by atomic mass is 79.9. The van der Waals surface area contributed by atoms with Crippen molar-refractivity contribution >= 4 is 61.1 Å². The van der Waals surface area contributed by atoms with Crippen LogP contribution < -0.4 is 5.46 Å². The molecular formula is C46H24BBr3F12. The van der Waals surface area contributed by atoms with E-state index in [9.17, 15) is 52.7 Å². The number of benzene rings is 7. The normalized spacial score (nSPS) is 12.5. The Kier molecular flexibility index (Phi) is 12.2. The van der Waals surface area contributed by atoms with E-state index in [-0.39, 0.29) is 0 Å². The third-order valence-electron chi connectivity index (χ3n) is 10.2. The average molecular weight is 1060 g/mol. The van der Waals surface area contributed by atoms with Gasteiger partial charge in [-0.25, -0.2) is 0 Å². The molecule has 0 spiro atoms. The molecule has 0 saturated heterocycles. The molecule has 0 atom stereocenters. The fraction of sp³-hybridized carbons (Fsp3) is 0.0870. The van der Waals surface area contributed by atoms with Gasteiger partial charge in [-0.1, -0.05) is 108 Å². The highest BCUT2D eigenvalue weighted by Crippen LogP contribution is 2.47. The van der Waals surface area contributed by atoms with Crippen molar-refractivity contribution in [2.24, 2.45) is 0 Å². The second kappa shape index (κ2) is 16.7. The highest BCUT2D eigenvalue weighted by molar-refractivity contribution is 9.11. The van der Waals surface area contributed by atoms with E-state index in [1.807, 2.05) is 0 Å². The van der Waals surface area contributed by atoms with Crippen LogP contribution in [0.5, 0.6) is 0 Å². The molecule has 62 heavy (non-hydrogen) atoms. The predicted molar refractivity (Wildman–Crippen MR) is 230 cm³/mol. The minimum atomic E-state index is -4.61. The topological polar surface area (TPSA) is 0 Å². The van der Waals surface area contributed by atoms with Crippen molar-refractivity contribution in [2.45, 2.75) is 24.7 Å². The van der Waals surface area contributed by atoms with Crippen LogP contribution in [0.3, 0.4) is 0 Å². The van der Waals surface area contributed by atoms with E-state index in [0.29, 0.717) is 85.6 Å². The zero-order valence-corrected chi connectivity index (χ0v) is 36.1. The van der Waals surface area contributed by atoms with Crippen LogP contribution in [-0.4, -0.2) is 7.85 Å². The molecule has 16 heteroatoms. The summed E-state index contributed by atoms with van der Waals surface area (Å²) in [4.78, 5) is 0. The second-order valence-corrected chi connectivity index (χ2v) is 16.8. The zero-order chi connectivity index (χ0) is 45.1. The number of rotatable bonds is 6. The van der Waals surface area contributed by atoms with Crippen LogP contribution in [0.2, 0.25) is 0 Å². The van der Waals surface area contributed by atoms with Gasteiger partial charge in [0.05, 0.1) is 22.3 Å². The smallest absolute Gasteiger partial charge is 0.166 e. The Morgan fingerprint density at radius 2 is 0.484 bits per heavy atom. The van der Waals surface area contributed by atoms with E-state index < -0.39 is 47.0 Å². The lowest BCUT2D eigenvalue weighted by atomic mass is 9.80. The van der Waals surface area contributed by atoms with Gasteiger partial charge >= 0.3 is 24.7 Å². The SMILES string of the molecule is Bc1cc(-c2ccc(C(F)(F)F)cc2)c(-c2ccc(C(F)(F)F)cc2)cc1-c1cc(Br)c(-c2cc(-c3ccc(C(F)(F)F)cc3)c(-c3ccc(C(F)(F)F)cc3)cc2Br)cc1Br. The number of hydrogen-bond donors (Lipinski definition) is 0. The van der Waals surface area contributed by atoms with Gasteiger partial charge in [0.1, 0.15) is 7.85 Å². The van der Waals surface area contributed by atoms with Crippen LogP contribution in [0.25, 0.3) is 66.8 Å². The molecule has 7 aromatic rings. The minimum Gasteiger partial charge on any atom is -0.166 e. The summed E-state index contributed by atoms with van der Waals surface area (Å²) in [7, 11) is 1.78. The van der Waals surface area contributed by atoms with Crippen molar-refractivity contribution in [1.82, 2.24) is 0 Å². The van der Waals surface area contributed by atoms with Crippen molar-refractivity contribution in [1.29, 1.82) is 0 Å². The zero-order valence-electron chi connectivity index (χ0n) is 31.4. The standard InChI is InChI=1S/C46H24BBr3F12/c47-39-19-33(25-5-13-29(14-6-25)45(57,58)59)31(23-1-9-27(10-2-23)43(51,52)53)17-35(39)37-21-42(50)38(22-41(37)49)36-18-32(24-3-11-28(12-4-24)44(54,55)56)34(20-40(36)48)26-7-15-30(16-8-26)46(60,61)62/h1-22H,47H2. The van der Waals surface area contributed by atoms with E-state index in [1.54, 1.807) is 44.2 Å². The fourth-order valence-corrected chi connectivity index (χ4v) is 8.72. The number of halogens is 15. The molecule has 7 aromatic carbocycles. The third-order valence-corrected chi connectivity index (χ3v) is 12.2. The minimum absolute atomic E-state index is 0.355. The summed E-state index contributed by atoms with van der Waals surface area (Å²) in [5.41, 5.74) is 2.77. The third kappa shape index (κ3) is 9.42. The molecule has 0 unspecified atom stereocenters. The largest absolute Gasteiger partial charge is 0.416 e. The molecule has 0 aliphatic rings. The molecule has 0 amide bonds. The Labute approximate surface area is 372 Å². The van der Waals surface area contributed by atoms with Gasteiger partial charge in [-0.3, -0.25) is 0 Å². The molecule has 0 nitrogen and oxygen atoms in total. The quantitative estimate of drug-likeness (QED) is 0.115. The maximum absolute atomic E-state index is 13.5. The molecule has 0 aliphatic heterocycles. The van der Waals surface area contributed by atoms with Crippen molar-refractivity contribution in [3.63, 3.8) is 0 Å². The summed E-state index contributed by atoms with van der Waals surface area (Å²) < 4.78 is 163. The lowest BCUT2D eigenvalue weighted by Crippen LogP contribution is -2.09. The van der Waals surface area contributed by atoms with E-state index >= 15 is 0 Å². The summed E-state index contributed by atoms with van der Waals surface area (Å²) >= 11 is 10.9. The molecular weight excluding hydrogens is 1030 g/mol. The van der Waals surface area contributed by atoms with E-state index in [0.717, 1.165) is 48.5 Å². The van der Waals surface area contributed by atoms with Crippen LogP contribution in [0, 0.1) is 0 Å². The predicted octanol–water partition coefficient (Wildman–Crippen LogP) is 16.3. The van der Waals surface area contributed by atoms with Gasteiger partial charge in [0.15, 0.2) is 0 Å². The Bertz CT molecular complexity index is 2600. The summed E-state index contributed by atoms with van der Waals surface area (Å²) in [6.45, 7) is 0. The van der Waals surface area contributed by atoms with Crippen LogP contribution >= 0.6 is 47.8 Å². The van der Waals surface area contributed by atoms with Crippen LogP contribution in [-0.2, 0) is 24.7 Å². The summed E-state index contributed by atoms with van der Waals surface area (Å²) in [6.07, 6.45) is -18.4. The van der Waals surface area contributed by atoms with Crippen LogP contribution in [0.15, 0.2) is 147 Å². The van der Waals surface area contributed by atoms with E-state index in [2.05, 4.69) is 47.8 Å². The van der Waals surface area contributed by atoms with E-state index in [4.69, 9.17) is 0 Å². The summed E-state index contributed by atoms with van der Waals surface area (Å²) in [6, 6.07) is 28.1. The Hall–Kier alpha value is -4.80. The van der Waals surface area contributed by atoms with Crippen molar-refractivity contribution in [2.75, 3.05) is 0 Å². The maximum Gasteiger partial charge on any atom is 0.416 e. The average Bonchev–Trinajstić information content (AvgIpc) is 3.20. The van der Waals surface area contributed by atoms with Gasteiger partial charge in [0.25, 0.3) is 0 Å². The summed E-state index contributed by atoms with van der Waals surface area (Å²) in [5, 5.41) is 0. The molecule has 0 aromatic heterocycles. The van der Waals surface area contributed by atoms with Gasteiger partial charge in [0.2, 0.25) is 0 Å². The van der Waals surface area contributed by atoms with Gasteiger partial charge in [-0.15, -0.1) is 0 Å². The number of alkyl halides is 12. The Morgan fingerprint density at radius 3 is 0.774 bits per heavy atom. The Balaban J connectivity index is 1.37. The highest BCUT2D eigenvalue weighted by Gasteiger charge is 2.33. The first-order valence-electron chi connectivity index (χ1n) is 18.1. The molecule has 316 valence electrons. The fourth-order valence-electron chi connectivity index (χ4n) is 7.05. The van der Waals surface area contributed by atoms with Crippen molar-refractivity contribution < 1.29 is 52.7 Å². The molecule has 0 saturated carbocycles. The van der Waals surface area contributed by atoms with Crippen molar-refractivity contribution in [3.8, 4) is 66.8 Å². The van der Waals surface area contributed by atoms with E-state index in [1.165, 1.54) is 48.5 Å². The second-order valence-electron chi connectivity index (χ2n) is 14.2. The van der Waals surface area contributed by atoms with Crippen LogP contribution in [0.4, 0.5) is 52.7 Å². The van der Waals surface area contributed by atoms with Gasteiger partial charge in [-0.2, -0.15) is 52.7 Å². The first-order valence-corrected chi connectivity index (χ1v) is 20.5. The molecule has 0 N–H and O–H groups in total. The first kappa shape index (κ1) is 45.2. The maximum atomic E-state index is 13.5. The molecule has 0 bridgehead atoms. The molecule has 0 aliphatic carbocycles. The molecule has 0 radical (unpaired) electrons. The molecule has 7 rings (SSSR count). The monoisotopic (exact) mass is 1050 g/mol. The molecule has 0 heterocycles. The lowest BCUT2D eigenvalue weighted by molar-refractivity contribution is -0.138. The first-order chi connectivity index (χ1) is 28.9. The molecule has 0 fully saturated rings. The Morgan fingerprint density at radius 1 is 0.274 bits per heavy atom. The van der Waals surface area contributed by atoms with Crippen LogP contribution in [0.1, 0.15) is 22.3 Å². The van der Waals surface area contributed by atoms with Gasteiger partial charge < -0.3 is 0 Å². The lowest BCUT2D eigenvalue weighted by Gasteiger charge is -2.20. The van der Waals surface area contributed by atoms with Gasteiger partial charge in [0, 0.05) is 13.4 Å². The summed E-state index contributed by atoms with van der Waals surface area (Å²) in [5.74, 6) is 0.